The molecule has 1 heterocycles. The molecule has 0 amide bonds. The average Bonchev–Trinajstić information content (AvgIpc) is 2.46. The predicted molar refractivity (Wildman–Crippen MR) is 78.7 cm³/mol. The molecule has 0 aliphatic heterocycles. The Morgan fingerprint density at radius 2 is 2.00 bits per heavy atom. The van der Waals surface area contributed by atoms with Crippen LogP contribution in [0, 0.1) is 10.1 Å². The number of hydrogen-bond donors (Lipinski definition) is 1. The molecular weight excluding hydrogens is 298 g/mol. The van der Waals surface area contributed by atoms with Crippen molar-refractivity contribution in [2.45, 2.75) is 0 Å². The van der Waals surface area contributed by atoms with Crippen molar-refractivity contribution >= 4 is 28.8 Å². The van der Waals surface area contributed by atoms with Crippen molar-refractivity contribution in [1.29, 1.82) is 0 Å². The van der Waals surface area contributed by atoms with Crippen LogP contribution in [-0.2, 0) is 0 Å². The number of rotatable bonds is 5. The SMILES string of the molecule is COc1ccc(OC)c(Nc2cc([N+](=O)[O-])cc(Cl)n2)c1. The van der Waals surface area contributed by atoms with E-state index in [0.29, 0.717) is 17.2 Å². The maximum atomic E-state index is 10.8. The molecular formula is C13H12ClN3O4. The van der Waals surface area contributed by atoms with Crippen molar-refractivity contribution in [1.82, 2.24) is 4.98 Å². The smallest absolute Gasteiger partial charge is 0.276 e. The van der Waals surface area contributed by atoms with Gasteiger partial charge < -0.3 is 14.8 Å². The summed E-state index contributed by atoms with van der Waals surface area (Å²) in [5.41, 5.74) is 0.403. The van der Waals surface area contributed by atoms with Crippen molar-refractivity contribution in [3.63, 3.8) is 0 Å². The van der Waals surface area contributed by atoms with E-state index in [1.54, 1.807) is 18.2 Å². The van der Waals surface area contributed by atoms with Crippen LogP contribution in [0.25, 0.3) is 0 Å². The molecule has 0 radical (unpaired) electrons. The van der Waals surface area contributed by atoms with Gasteiger partial charge in [-0.1, -0.05) is 11.6 Å². The molecule has 0 saturated heterocycles. The second-order valence-electron chi connectivity index (χ2n) is 3.98. The summed E-state index contributed by atoms with van der Waals surface area (Å²) < 4.78 is 10.3. The largest absolute Gasteiger partial charge is 0.497 e. The molecule has 8 heteroatoms. The Hall–Kier alpha value is -2.54. The number of methoxy groups -OCH3 is 2. The molecule has 2 rings (SSSR count). The maximum absolute atomic E-state index is 10.8. The molecule has 1 aromatic heterocycles. The second kappa shape index (κ2) is 6.27. The Bertz CT molecular complexity index is 678. The second-order valence-corrected chi connectivity index (χ2v) is 4.37. The summed E-state index contributed by atoms with van der Waals surface area (Å²) in [6.07, 6.45) is 0. The minimum Gasteiger partial charge on any atom is -0.497 e. The zero-order valence-electron chi connectivity index (χ0n) is 11.3. The average molecular weight is 310 g/mol. The highest BCUT2D eigenvalue weighted by Gasteiger charge is 2.12. The van der Waals surface area contributed by atoms with E-state index < -0.39 is 4.92 Å². The quantitative estimate of drug-likeness (QED) is 0.517. The molecule has 0 saturated carbocycles. The van der Waals surface area contributed by atoms with Gasteiger partial charge >= 0.3 is 0 Å². The molecule has 0 aliphatic rings. The van der Waals surface area contributed by atoms with Gasteiger partial charge in [0.25, 0.3) is 5.69 Å². The van der Waals surface area contributed by atoms with E-state index >= 15 is 0 Å². The van der Waals surface area contributed by atoms with Gasteiger partial charge in [-0.25, -0.2) is 4.98 Å². The number of ether oxygens (including phenoxy) is 2. The molecule has 0 bridgehead atoms. The number of aromatic nitrogens is 1. The van der Waals surface area contributed by atoms with Gasteiger partial charge in [0.2, 0.25) is 0 Å². The Morgan fingerprint density at radius 3 is 2.62 bits per heavy atom. The van der Waals surface area contributed by atoms with Gasteiger partial charge in [-0.3, -0.25) is 10.1 Å². The summed E-state index contributed by atoms with van der Waals surface area (Å²) in [6.45, 7) is 0. The maximum Gasteiger partial charge on any atom is 0.276 e. The lowest BCUT2D eigenvalue weighted by Crippen LogP contribution is -1.99. The van der Waals surface area contributed by atoms with Crippen LogP contribution in [0.15, 0.2) is 30.3 Å². The van der Waals surface area contributed by atoms with Crippen molar-refractivity contribution in [3.8, 4) is 11.5 Å². The summed E-state index contributed by atoms with van der Waals surface area (Å²) in [6, 6.07) is 7.59. The van der Waals surface area contributed by atoms with Crippen LogP contribution in [0.4, 0.5) is 17.2 Å². The summed E-state index contributed by atoms with van der Waals surface area (Å²) in [7, 11) is 3.05. The molecule has 0 atom stereocenters. The van der Waals surface area contributed by atoms with Gasteiger partial charge in [0, 0.05) is 6.07 Å². The Balaban J connectivity index is 2.39. The van der Waals surface area contributed by atoms with Crippen molar-refractivity contribution in [2.24, 2.45) is 0 Å². The third-order valence-corrected chi connectivity index (χ3v) is 2.85. The topological polar surface area (TPSA) is 86.5 Å². The van der Waals surface area contributed by atoms with E-state index in [2.05, 4.69) is 10.3 Å². The van der Waals surface area contributed by atoms with Crippen LogP contribution >= 0.6 is 11.6 Å². The van der Waals surface area contributed by atoms with Gasteiger partial charge in [0.1, 0.15) is 22.5 Å². The molecule has 0 spiro atoms. The van der Waals surface area contributed by atoms with E-state index in [9.17, 15) is 10.1 Å². The fraction of sp³-hybridized carbons (Fsp3) is 0.154. The Kier molecular flexibility index (Phi) is 4.44. The Labute approximate surface area is 125 Å². The van der Waals surface area contributed by atoms with Crippen LogP contribution in [0.2, 0.25) is 5.15 Å². The first-order valence-electron chi connectivity index (χ1n) is 5.84. The molecule has 0 fully saturated rings. The Morgan fingerprint density at radius 1 is 1.24 bits per heavy atom. The molecule has 0 unspecified atom stereocenters. The number of pyridine rings is 1. The molecule has 1 N–H and O–H groups in total. The number of nitrogens with zero attached hydrogens (tertiary/aromatic N) is 2. The number of hydrogen-bond acceptors (Lipinski definition) is 6. The zero-order valence-corrected chi connectivity index (χ0v) is 12.0. The summed E-state index contributed by atoms with van der Waals surface area (Å²) in [4.78, 5) is 14.3. The predicted octanol–water partition coefficient (Wildman–Crippen LogP) is 3.40. The van der Waals surface area contributed by atoms with E-state index in [-0.39, 0.29) is 16.7 Å². The minimum absolute atomic E-state index is 0.0218. The molecule has 0 aliphatic carbocycles. The van der Waals surface area contributed by atoms with Crippen LogP contribution in [-0.4, -0.2) is 24.1 Å². The van der Waals surface area contributed by atoms with Gasteiger partial charge in [-0.15, -0.1) is 0 Å². The third-order valence-electron chi connectivity index (χ3n) is 2.66. The van der Waals surface area contributed by atoms with Crippen molar-refractivity contribution in [3.05, 3.63) is 45.6 Å². The highest BCUT2D eigenvalue weighted by Crippen LogP contribution is 2.32. The van der Waals surface area contributed by atoms with Crippen LogP contribution in [0.5, 0.6) is 11.5 Å². The van der Waals surface area contributed by atoms with E-state index in [1.807, 2.05) is 0 Å². The van der Waals surface area contributed by atoms with E-state index in [4.69, 9.17) is 21.1 Å². The first-order chi connectivity index (χ1) is 10.0. The monoisotopic (exact) mass is 309 g/mol. The standard InChI is InChI=1S/C13H12ClN3O4/c1-20-9-3-4-11(21-2)10(7-9)15-13-6-8(17(18)19)5-12(14)16-13/h3-7H,1-2H3,(H,15,16). The lowest BCUT2D eigenvalue weighted by atomic mass is 10.2. The van der Waals surface area contributed by atoms with Crippen LogP contribution < -0.4 is 14.8 Å². The fourth-order valence-corrected chi connectivity index (χ4v) is 1.91. The normalized spacial score (nSPS) is 10.0. The fourth-order valence-electron chi connectivity index (χ4n) is 1.70. The molecule has 7 nitrogen and oxygen atoms in total. The number of benzene rings is 1. The third kappa shape index (κ3) is 3.51. The molecule has 1 aromatic carbocycles. The van der Waals surface area contributed by atoms with Gasteiger partial charge in [0.05, 0.1) is 37.0 Å². The molecule has 21 heavy (non-hydrogen) atoms. The summed E-state index contributed by atoms with van der Waals surface area (Å²) in [5.74, 6) is 1.39. The van der Waals surface area contributed by atoms with Crippen LogP contribution in [0.3, 0.4) is 0 Å². The lowest BCUT2D eigenvalue weighted by Gasteiger charge is -2.12. The van der Waals surface area contributed by atoms with E-state index in [0.717, 1.165) is 0 Å². The number of halogens is 1. The highest BCUT2D eigenvalue weighted by atomic mass is 35.5. The first-order valence-corrected chi connectivity index (χ1v) is 6.22. The van der Waals surface area contributed by atoms with E-state index in [1.165, 1.54) is 26.4 Å². The minimum atomic E-state index is -0.540. The highest BCUT2D eigenvalue weighted by molar-refractivity contribution is 6.29. The molecule has 2 aromatic rings. The first kappa shape index (κ1) is 14.9. The molecule has 110 valence electrons. The number of nitro groups is 1. The van der Waals surface area contributed by atoms with Crippen molar-refractivity contribution in [2.75, 3.05) is 19.5 Å². The van der Waals surface area contributed by atoms with Gasteiger partial charge in [0.15, 0.2) is 0 Å². The van der Waals surface area contributed by atoms with Crippen LogP contribution in [0.1, 0.15) is 0 Å². The zero-order chi connectivity index (χ0) is 15.4. The summed E-state index contributed by atoms with van der Waals surface area (Å²) >= 11 is 5.78. The lowest BCUT2D eigenvalue weighted by molar-refractivity contribution is -0.384. The number of anilines is 2. The van der Waals surface area contributed by atoms with Crippen molar-refractivity contribution < 1.29 is 14.4 Å². The van der Waals surface area contributed by atoms with Gasteiger partial charge in [-0.2, -0.15) is 0 Å². The summed E-state index contributed by atoms with van der Waals surface area (Å²) in [5, 5.41) is 13.8. The number of nitrogens with one attached hydrogen (secondary N) is 1. The van der Waals surface area contributed by atoms with Gasteiger partial charge in [-0.05, 0) is 12.1 Å².